The van der Waals surface area contributed by atoms with Gasteiger partial charge in [-0.1, -0.05) is 6.07 Å². The maximum absolute atomic E-state index is 13.5. The van der Waals surface area contributed by atoms with Crippen LogP contribution in [0.4, 0.5) is 10.1 Å². The van der Waals surface area contributed by atoms with E-state index in [0.717, 1.165) is 12.1 Å². The van der Waals surface area contributed by atoms with Crippen molar-refractivity contribution in [1.29, 1.82) is 0 Å². The first kappa shape index (κ1) is 14.9. The highest BCUT2D eigenvalue weighted by Gasteiger charge is 2.23. The minimum absolute atomic E-state index is 0.347. The normalized spacial score (nSPS) is 10.2. The van der Waals surface area contributed by atoms with Crippen LogP contribution in [-0.2, 0) is 0 Å². The van der Waals surface area contributed by atoms with Crippen LogP contribution in [0.25, 0.3) is 0 Å². The minimum atomic E-state index is -1.55. The minimum Gasteiger partial charge on any atom is -0.477 e. The van der Waals surface area contributed by atoms with E-state index in [9.17, 15) is 19.3 Å². The van der Waals surface area contributed by atoms with Gasteiger partial charge in [0.1, 0.15) is 17.1 Å². The van der Waals surface area contributed by atoms with Gasteiger partial charge in [-0.15, -0.1) is 0 Å². The van der Waals surface area contributed by atoms with Gasteiger partial charge in [-0.05, 0) is 28.1 Å². The van der Waals surface area contributed by atoms with Gasteiger partial charge in [0.05, 0.1) is 4.92 Å². The molecule has 0 amide bonds. The van der Waals surface area contributed by atoms with E-state index >= 15 is 0 Å². The third kappa shape index (κ3) is 3.14. The topological polar surface area (TPSA) is 103 Å². The third-order valence-electron chi connectivity index (χ3n) is 2.39. The van der Waals surface area contributed by atoms with Crippen LogP contribution in [-0.4, -0.2) is 21.0 Å². The smallest absolute Gasteiger partial charge is 0.342 e. The third-order valence-corrected chi connectivity index (χ3v) is 2.83. The highest BCUT2D eigenvalue weighted by Crippen LogP contribution is 2.33. The lowest BCUT2D eigenvalue weighted by Crippen LogP contribution is -2.05. The van der Waals surface area contributed by atoms with Gasteiger partial charge >= 0.3 is 11.7 Å². The predicted octanol–water partition coefficient (Wildman–Crippen LogP) is 3.38. The second kappa shape index (κ2) is 5.83. The van der Waals surface area contributed by atoms with E-state index in [1.807, 2.05) is 0 Å². The molecule has 0 saturated heterocycles. The van der Waals surface area contributed by atoms with Crippen molar-refractivity contribution in [3.8, 4) is 11.6 Å². The van der Waals surface area contributed by atoms with E-state index in [2.05, 4.69) is 20.9 Å². The summed E-state index contributed by atoms with van der Waals surface area (Å²) in [5.74, 6) is -3.38. The SMILES string of the molecule is O=C(O)c1c(F)cccc1Oc1ncc(Br)cc1[N+](=O)[O-]. The lowest BCUT2D eigenvalue weighted by Gasteiger charge is -2.08. The van der Waals surface area contributed by atoms with Gasteiger partial charge in [0, 0.05) is 16.7 Å². The number of carboxylic acids is 1. The monoisotopic (exact) mass is 356 g/mol. The zero-order valence-electron chi connectivity index (χ0n) is 10.1. The fourth-order valence-corrected chi connectivity index (χ4v) is 1.85. The van der Waals surface area contributed by atoms with Crippen molar-refractivity contribution in [2.75, 3.05) is 0 Å². The average molecular weight is 357 g/mol. The Balaban J connectivity index is 2.51. The molecule has 1 aromatic heterocycles. The molecule has 0 aliphatic rings. The number of rotatable bonds is 4. The molecule has 0 saturated carbocycles. The molecule has 2 rings (SSSR count). The Bertz CT molecular complexity index is 738. The Morgan fingerprint density at radius 3 is 2.81 bits per heavy atom. The molecule has 0 radical (unpaired) electrons. The van der Waals surface area contributed by atoms with Gasteiger partial charge in [-0.3, -0.25) is 10.1 Å². The van der Waals surface area contributed by atoms with Gasteiger partial charge in [0.25, 0.3) is 5.88 Å². The summed E-state index contributed by atoms with van der Waals surface area (Å²) in [5, 5.41) is 19.9. The lowest BCUT2D eigenvalue weighted by atomic mass is 10.2. The number of halogens is 2. The molecule has 108 valence electrons. The Labute approximate surface area is 125 Å². The van der Waals surface area contributed by atoms with Crippen LogP contribution in [0, 0.1) is 15.9 Å². The number of hydrogen-bond donors (Lipinski definition) is 1. The molecule has 0 aliphatic heterocycles. The van der Waals surface area contributed by atoms with Crippen LogP contribution in [0.5, 0.6) is 11.6 Å². The number of aromatic nitrogens is 1. The van der Waals surface area contributed by atoms with Crippen LogP contribution in [0.2, 0.25) is 0 Å². The molecule has 21 heavy (non-hydrogen) atoms. The van der Waals surface area contributed by atoms with Crippen molar-refractivity contribution in [2.24, 2.45) is 0 Å². The first-order valence-electron chi connectivity index (χ1n) is 5.39. The number of carbonyl (C=O) groups is 1. The van der Waals surface area contributed by atoms with E-state index < -0.39 is 33.8 Å². The maximum Gasteiger partial charge on any atom is 0.342 e. The fourth-order valence-electron chi connectivity index (χ4n) is 1.53. The largest absolute Gasteiger partial charge is 0.477 e. The molecule has 0 fully saturated rings. The van der Waals surface area contributed by atoms with Crippen LogP contribution in [0.15, 0.2) is 34.9 Å². The van der Waals surface area contributed by atoms with Crippen molar-refractivity contribution < 1.29 is 24.0 Å². The Morgan fingerprint density at radius 2 is 2.19 bits per heavy atom. The number of nitro groups is 1. The lowest BCUT2D eigenvalue weighted by molar-refractivity contribution is -0.386. The maximum atomic E-state index is 13.5. The molecule has 0 spiro atoms. The van der Waals surface area contributed by atoms with E-state index in [1.54, 1.807) is 0 Å². The Kier molecular flexibility index (Phi) is 4.13. The molecule has 0 atom stereocenters. The van der Waals surface area contributed by atoms with Crippen molar-refractivity contribution >= 4 is 27.6 Å². The van der Waals surface area contributed by atoms with Crippen molar-refractivity contribution in [3.05, 3.63) is 56.4 Å². The molecular formula is C12H6BrFN2O5. The van der Waals surface area contributed by atoms with Crippen LogP contribution < -0.4 is 4.74 Å². The molecular weight excluding hydrogens is 351 g/mol. The highest BCUT2D eigenvalue weighted by atomic mass is 79.9. The molecule has 9 heteroatoms. The summed E-state index contributed by atoms with van der Waals surface area (Å²) in [6.45, 7) is 0. The van der Waals surface area contributed by atoms with Gasteiger partial charge in [-0.2, -0.15) is 0 Å². The summed E-state index contributed by atoms with van der Waals surface area (Å²) in [5.41, 5.74) is -1.21. The number of pyridine rings is 1. The molecule has 0 aliphatic carbocycles. The van der Waals surface area contributed by atoms with Crippen molar-refractivity contribution in [3.63, 3.8) is 0 Å². The van der Waals surface area contributed by atoms with Crippen LogP contribution in [0.1, 0.15) is 10.4 Å². The number of carboxylic acid groups (broad SMARTS) is 1. The van der Waals surface area contributed by atoms with Crippen LogP contribution in [0.3, 0.4) is 0 Å². The quantitative estimate of drug-likeness (QED) is 0.665. The highest BCUT2D eigenvalue weighted by molar-refractivity contribution is 9.10. The first-order valence-corrected chi connectivity index (χ1v) is 6.19. The molecule has 1 aromatic carbocycles. The summed E-state index contributed by atoms with van der Waals surface area (Å²) >= 11 is 3.02. The van der Waals surface area contributed by atoms with Gasteiger partial charge in [0.2, 0.25) is 0 Å². The molecule has 2 aromatic rings. The van der Waals surface area contributed by atoms with Gasteiger partial charge in [-0.25, -0.2) is 14.2 Å². The summed E-state index contributed by atoms with van der Waals surface area (Å²) in [4.78, 5) is 24.9. The zero-order valence-corrected chi connectivity index (χ0v) is 11.7. The first-order chi connectivity index (χ1) is 9.90. The van der Waals surface area contributed by atoms with Gasteiger partial charge in [0.15, 0.2) is 0 Å². The van der Waals surface area contributed by atoms with Crippen molar-refractivity contribution in [1.82, 2.24) is 4.98 Å². The summed E-state index contributed by atoms with van der Waals surface area (Å²) in [6, 6.07) is 4.49. The summed E-state index contributed by atoms with van der Waals surface area (Å²) in [6.07, 6.45) is 1.24. The molecule has 7 nitrogen and oxygen atoms in total. The van der Waals surface area contributed by atoms with Crippen molar-refractivity contribution in [2.45, 2.75) is 0 Å². The standard InChI is InChI=1S/C12H6BrFN2O5/c13-6-4-8(16(19)20)11(15-5-6)21-9-3-1-2-7(14)10(9)12(17)18/h1-5H,(H,17,18). The molecule has 1 N–H and O–H groups in total. The van der Waals surface area contributed by atoms with E-state index in [-0.39, 0.29) is 5.75 Å². The Hall–Kier alpha value is -2.55. The molecule has 0 bridgehead atoms. The van der Waals surface area contributed by atoms with E-state index in [4.69, 9.17) is 9.84 Å². The van der Waals surface area contributed by atoms with E-state index in [0.29, 0.717) is 4.47 Å². The average Bonchev–Trinajstić information content (AvgIpc) is 2.40. The predicted molar refractivity (Wildman–Crippen MR) is 72.0 cm³/mol. The second-order valence-electron chi connectivity index (χ2n) is 3.76. The number of aromatic carboxylic acids is 1. The summed E-state index contributed by atoms with van der Waals surface area (Å²) < 4.78 is 19.0. The Morgan fingerprint density at radius 1 is 1.48 bits per heavy atom. The van der Waals surface area contributed by atoms with Crippen LogP contribution >= 0.6 is 15.9 Å². The van der Waals surface area contributed by atoms with Gasteiger partial charge < -0.3 is 9.84 Å². The molecule has 1 heterocycles. The second-order valence-corrected chi connectivity index (χ2v) is 4.67. The number of ether oxygens (including phenoxy) is 1. The number of nitrogens with zero attached hydrogens (tertiary/aromatic N) is 2. The molecule has 0 unspecified atom stereocenters. The fraction of sp³-hybridized carbons (Fsp3) is 0. The summed E-state index contributed by atoms with van der Waals surface area (Å²) in [7, 11) is 0. The number of benzene rings is 1. The zero-order chi connectivity index (χ0) is 15.6. The van der Waals surface area contributed by atoms with E-state index in [1.165, 1.54) is 18.3 Å². The number of hydrogen-bond acceptors (Lipinski definition) is 5.